The molecule has 1 aliphatic rings. The molecule has 0 aromatic heterocycles. The van der Waals surface area contributed by atoms with E-state index in [2.05, 4.69) is 5.32 Å². The zero-order valence-electron chi connectivity index (χ0n) is 11.4. The summed E-state index contributed by atoms with van der Waals surface area (Å²) in [5.41, 5.74) is 2.38. The molecule has 0 spiro atoms. The number of benzene rings is 1. The van der Waals surface area contributed by atoms with Gasteiger partial charge in [-0.15, -0.1) is 0 Å². The lowest BCUT2D eigenvalue weighted by molar-refractivity contribution is -0.143. The number of hydrogen-bond donors (Lipinski definition) is 1. The highest BCUT2D eigenvalue weighted by molar-refractivity contribution is 5.94. The van der Waals surface area contributed by atoms with Gasteiger partial charge in [0, 0.05) is 24.7 Å². The molecule has 0 saturated heterocycles. The molecule has 20 heavy (non-hydrogen) atoms. The van der Waals surface area contributed by atoms with E-state index in [0.717, 1.165) is 22.6 Å². The van der Waals surface area contributed by atoms with E-state index in [0.29, 0.717) is 12.1 Å². The number of nitrogens with one attached hydrogen (secondary N) is 1. The molecule has 0 fully saturated rings. The molecule has 6 heteroatoms. The van der Waals surface area contributed by atoms with Crippen LogP contribution in [0.5, 0.6) is 0 Å². The highest BCUT2D eigenvalue weighted by atomic mass is 19.4. The van der Waals surface area contributed by atoms with Crippen molar-refractivity contribution in [3.8, 4) is 0 Å². The Morgan fingerprint density at radius 3 is 2.55 bits per heavy atom. The first kappa shape index (κ1) is 14.8. The van der Waals surface area contributed by atoms with Crippen LogP contribution in [0.2, 0.25) is 0 Å². The number of amides is 1. The van der Waals surface area contributed by atoms with Gasteiger partial charge in [-0.1, -0.05) is 6.07 Å². The maximum Gasteiger partial charge on any atom is 0.406 e. The Bertz CT molecular complexity index is 512. The van der Waals surface area contributed by atoms with Crippen LogP contribution in [0.25, 0.3) is 0 Å². The topological polar surface area (TPSA) is 32.3 Å². The minimum atomic E-state index is -4.39. The third-order valence-electron chi connectivity index (χ3n) is 3.32. The zero-order chi connectivity index (χ0) is 14.9. The van der Waals surface area contributed by atoms with Gasteiger partial charge in [-0.2, -0.15) is 13.2 Å². The van der Waals surface area contributed by atoms with Crippen LogP contribution in [0, 0.1) is 0 Å². The first-order valence-corrected chi connectivity index (χ1v) is 6.48. The molecule has 0 saturated carbocycles. The van der Waals surface area contributed by atoms with E-state index >= 15 is 0 Å². The Balaban J connectivity index is 2.23. The van der Waals surface area contributed by atoms with Crippen LogP contribution in [0.3, 0.4) is 0 Å². The lowest BCUT2D eigenvalue weighted by Gasteiger charge is -2.28. The summed E-state index contributed by atoms with van der Waals surface area (Å²) in [5, 5.41) is 3.14. The van der Waals surface area contributed by atoms with Gasteiger partial charge in [0.1, 0.15) is 6.54 Å². The van der Waals surface area contributed by atoms with Crippen molar-refractivity contribution in [3.05, 3.63) is 34.9 Å². The summed E-state index contributed by atoms with van der Waals surface area (Å²) in [4.78, 5) is 13.1. The Morgan fingerprint density at radius 2 is 1.95 bits per heavy atom. The highest BCUT2D eigenvalue weighted by Gasteiger charge is 2.34. The van der Waals surface area contributed by atoms with Crippen LogP contribution >= 0.6 is 0 Å². The number of carbonyl (C=O) groups is 1. The van der Waals surface area contributed by atoms with Gasteiger partial charge >= 0.3 is 6.18 Å². The van der Waals surface area contributed by atoms with E-state index in [1.807, 2.05) is 0 Å². The van der Waals surface area contributed by atoms with Crippen molar-refractivity contribution in [2.75, 3.05) is 6.54 Å². The van der Waals surface area contributed by atoms with Crippen LogP contribution in [0.1, 0.15) is 35.3 Å². The lowest BCUT2D eigenvalue weighted by Crippen LogP contribution is -2.43. The maximum atomic E-state index is 12.6. The Labute approximate surface area is 115 Å². The smallest absolute Gasteiger partial charge is 0.327 e. The predicted octanol–water partition coefficient (Wildman–Crippen LogP) is 2.70. The SMILES string of the molecule is CC(C)N(CC(F)(F)F)C(=O)c1ccc2c(c1)CNC2. The second-order valence-corrected chi connectivity index (χ2v) is 5.23. The van der Waals surface area contributed by atoms with E-state index in [1.54, 1.807) is 32.0 Å². The number of halogens is 3. The minimum absolute atomic E-state index is 0.311. The number of hydrogen-bond acceptors (Lipinski definition) is 2. The quantitative estimate of drug-likeness (QED) is 0.926. The van der Waals surface area contributed by atoms with Gasteiger partial charge in [-0.3, -0.25) is 4.79 Å². The van der Waals surface area contributed by atoms with Crippen LogP contribution in [0.15, 0.2) is 18.2 Å². The number of alkyl halides is 3. The first-order valence-electron chi connectivity index (χ1n) is 6.48. The van der Waals surface area contributed by atoms with Gasteiger partial charge < -0.3 is 10.2 Å². The molecule has 2 rings (SSSR count). The number of nitrogens with zero attached hydrogens (tertiary/aromatic N) is 1. The molecule has 0 radical (unpaired) electrons. The van der Waals surface area contributed by atoms with E-state index in [1.165, 1.54) is 0 Å². The molecule has 0 unspecified atom stereocenters. The summed E-state index contributed by atoms with van der Waals surface area (Å²) in [6.07, 6.45) is -4.39. The zero-order valence-corrected chi connectivity index (χ0v) is 11.4. The Morgan fingerprint density at radius 1 is 1.30 bits per heavy atom. The summed E-state index contributed by atoms with van der Waals surface area (Å²) >= 11 is 0. The number of fused-ring (bicyclic) bond motifs is 1. The van der Waals surface area contributed by atoms with Crippen molar-refractivity contribution < 1.29 is 18.0 Å². The van der Waals surface area contributed by atoms with Crippen LogP contribution < -0.4 is 5.32 Å². The van der Waals surface area contributed by atoms with Gasteiger partial charge in [-0.05, 0) is 37.1 Å². The molecule has 0 aliphatic carbocycles. The van der Waals surface area contributed by atoms with E-state index in [4.69, 9.17) is 0 Å². The molecule has 0 bridgehead atoms. The fraction of sp³-hybridized carbons (Fsp3) is 0.500. The van der Waals surface area contributed by atoms with Crippen molar-refractivity contribution >= 4 is 5.91 Å². The molecule has 0 atom stereocenters. The van der Waals surface area contributed by atoms with Crippen molar-refractivity contribution in [1.29, 1.82) is 0 Å². The number of carbonyl (C=O) groups excluding carboxylic acids is 1. The van der Waals surface area contributed by atoms with Crippen molar-refractivity contribution in [2.24, 2.45) is 0 Å². The molecule has 1 N–H and O–H groups in total. The van der Waals surface area contributed by atoms with Crippen molar-refractivity contribution in [2.45, 2.75) is 39.2 Å². The van der Waals surface area contributed by atoms with Gasteiger partial charge in [0.25, 0.3) is 5.91 Å². The fourth-order valence-corrected chi connectivity index (χ4v) is 2.28. The Kier molecular flexibility index (Phi) is 4.04. The van der Waals surface area contributed by atoms with Crippen LogP contribution in [-0.2, 0) is 13.1 Å². The average Bonchev–Trinajstić information content (AvgIpc) is 2.80. The predicted molar refractivity (Wildman–Crippen MR) is 69.2 cm³/mol. The van der Waals surface area contributed by atoms with Crippen molar-refractivity contribution in [1.82, 2.24) is 10.2 Å². The molecule has 3 nitrogen and oxygen atoms in total. The van der Waals surface area contributed by atoms with Crippen LogP contribution in [-0.4, -0.2) is 29.6 Å². The molecule has 1 aromatic carbocycles. The lowest BCUT2D eigenvalue weighted by atomic mass is 10.1. The number of rotatable bonds is 3. The molecular weight excluding hydrogens is 269 g/mol. The van der Waals surface area contributed by atoms with Gasteiger partial charge in [0.15, 0.2) is 0 Å². The van der Waals surface area contributed by atoms with Gasteiger partial charge in [0.05, 0.1) is 0 Å². The Hall–Kier alpha value is -1.56. The maximum absolute atomic E-state index is 12.6. The molecule has 1 aromatic rings. The molecule has 1 heterocycles. The third kappa shape index (κ3) is 3.30. The molecule has 1 aliphatic heterocycles. The molecule has 1 amide bonds. The standard InChI is InChI=1S/C14H17F3N2O/c1-9(2)19(8-14(15,16)17)13(20)10-3-4-11-6-18-7-12(11)5-10/h3-5,9,18H,6-8H2,1-2H3. The summed E-state index contributed by atoms with van der Waals surface area (Å²) in [5.74, 6) is -0.577. The second-order valence-electron chi connectivity index (χ2n) is 5.23. The first-order chi connectivity index (χ1) is 9.28. The summed E-state index contributed by atoms with van der Waals surface area (Å²) < 4.78 is 37.7. The second kappa shape index (κ2) is 5.44. The van der Waals surface area contributed by atoms with Crippen molar-refractivity contribution in [3.63, 3.8) is 0 Å². The third-order valence-corrected chi connectivity index (χ3v) is 3.32. The molecule has 110 valence electrons. The average molecular weight is 286 g/mol. The monoisotopic (exact) mass is 286 g/mol. The summed E-state index contributed by atoms with van der Waals surface area (Å²) in [6.45, 7) is 3.33. The minimum Gasteiger partial charge on any atom is -0.327 e. The van der Waals surface area contributed by atoms with E-state index < -0.39 is 24.7 Å². The van der Waals surface area contributed by atoms with Gasteiger partial charge in [-0.25, -0.2) is 0 Å². The largest absolute Gasteiger partial charge is 0.406 e. The summed E-state index contributed by atoms with van der Waals surface area (Å²) in [7, 11) is 0. The highest BCUT2D eigenvalue weighted by Crippen LogP contribution is 2.22. The van der Waals surface area contributed by atoms with Crippen LogP contribution in [0.4, 0.5) is 13.2 Å². The van der Waals surface area contributed by atoms with Gasteiger partial charge in [0.2, 0.25) is 0 Å². The molecular formula is C14H17F3N2O. The summed E-state index contributed by atoms with van der Waals surface area (Å²) in [6, 6.07) is 4.58. The van der Waals surface area contributed by atoms with E-state index in [-0.39, 0.29) is 0 Å². The van der Waals surface area contributed by atoms with E-state index in [9.17, 15) is 18.0 Å². The fourth-order valence-electron chi connectivity index (χ4n) is 2.28. The normalized spacial score (nSPS) is 14.5.